The minimum atomic E-state index is -2.17. The number of hydroxylamine groups is 1. The predicted molar refractivity (Wildman–Crippen MR) is 96.2 cm³/mol. The van der Waals surface area contributed by atoms with Gasteiger partial charge in [-0.3, -0.25) is 23.9 Å². The number of nitrogens with one attached hydrogen (secondary N) is 1. The van der Waals surface area contributed by atoms with Gasteiger partial charge in [-0.05, 0) is 36.2 Å². The number of benzene rings is 2. The van der Waals surface area contributed by atoms with E-state index >= 15 is 0 Å². The summed E-state index contributed by atoms with van der Waals surface area (Å²) in [5.74, 6) is -0.595. The van der Waals surface area contributed by atoms with Gasteiger partial charge in [0, 0.05) is 11.3 Å². The third-order valence-electron chi connectivity index (χ3n) is 4.34. The van der Waals surface area contributed by atoms with Gasteiger partial charge in [-0.1, -0.05) is 35.3 Å². The van der Waals surface area contributed by atoms with Crippen LogP contribution in [-0.4, -0.2) is 32.4 Å². The maximum atomic E-state index is 12.5. The molecule has 2 amide bonds. The molecule has 2 N–H and O–H groups in total. The van der Waals surface area contributed by atoms with E-state index in [0.717, 1.165) is 5.56 Å². The molecule has 9 heteroatoms. The summed E-state index contributed by atoms with van der Waals surface area (Å²) in [6, 6.07) is 11.1. The van der Waals surface area contributed by atoms with E-state index in [2.05, 4.69) is 0 Å². The van der Waals surface area contributed by atoms with Crippen molar-refractivity contribution in [3.8, 4) is 5.75 Å². The fourth-order valence-corrected chi connectivity index (χ4v) is 3.44. The molecule has 0 saturated carbocycles. The van der Waals surface area contributed by atoms with Crippen LogP contribution < -0.4 is 15.1 Å². The maximum Gasteiger partial charge on any atom is 0.274 e. The number of hydrogen-bond donors (Lipinski definition) is 2. The highest BCUT2D eigenvalue weighted by Gasteiger charge is 2.31. The number of rotatable bonds is 5. The van der Waals surface area contributed by atoms with Gasteiger partial charge >= 0.3 is 0 Å². The number of carbonyl (C=O) groups is 2. The van der Waals surface area contributed by atoms with Crippen LogP contribution in [0.1, 0.15) is 34.5 Å². The second-order valence-corrected chi connectivity index (χ2v) is 6.94. The van der Waals surface area contributed by atoms with Gasteiger partial charge in [-0.25, -0.2) is 5.48 Å². The van der Waals surface area contributed by atoms with Crippen molar-refractivity contribution in [2.45, 2.75) is 18.7 Å². The summed E-state index contributed by atoms with van der Waals surface area (Å²) in [5.41, 5.74) is 3.61. The molecule has 0 radical (unpaired) electrons. The molecule has 1 aliphatic rings. The summed E-state index contributed by atoms with van der Waals surface area (Å²) in [6.45, 7) is 1.70. The highest BCUT2D eigenvalue weighted by Crippen LogP contribution is 2.38. The van der Waals surface area contributed by atoms with E-state index in [9.17, 15) is 18.4 Å². The highest BCUT2D eigenvalue weighted by molar-refractivity contribution is 7.78. The summed E-state index contributed by atoms with van der Waals surface area (Å²) in [4.78, 5) is 25.7. The van der Waals surface area contributed by atoms with Crippen LogP contribution in [0.2, 0.25) is 0 Å². The first kappa shape index (κ1) is 19.0. The van der Waals surface area contributed by atoms with E-state index in [4.69, 9.17) is 9.94 Å². The zero-order chi connectivity index (χ0) is 19.6. The molecule has 27 heavy (non-hydrogen) atoms. The third kappa shape index (κ3) is 4.00. The molecule has 2 atom stereocenters. The Morgan fingerprint density at radius 2 is 2.04 bits per heavy atom. The first-order valence-corrected chi connectivity index (χ1v) is 9.33. The van der Waals surface area contributed by atoms with Crippen LogP contribution in [0.3, 0.4) is 0 Å². The van der Waals surface area contributed by atoms with E-state index in [1.807, 2.05) is 6.92 Å². The molecule has 142 valence electrons. The van der Waals surface area contributed by atoms with Crippen LogP contribution in [0, 0.1) is 0 Å². The third-order valence-corrected chi connectivity index (χ3v) is 4.91. The van der Waals surface area contributed by atoms with Gasteiger partial charge in [0.1, 0.15) is 5.75 Å². The van der Waals surface area contributed by atoms with E-state index in [0.29, 0.717) is 17.0 Å². The van der Waals surface area contributed by atoms with Gasteiger partial charge in [-0.2, -0.15) is 0 Å². The van der Waals surface area contributed by atoms with Crippen LogP contribution in [0.4, 0.5) is 5.69 Å². The standard InChI is InChI=1S/C18H18N2O6S/c1-11(13-4-2-12(3-5-13)10-27(24)25)20-15-8-14(18(22)19-23)6-7-16(15)26-9-17(20)21/h2-8,11,23H,9-10H2,1H3,(H,19,22)(H,24,25)/p-1. The quantitative estimate of drug-likeness (QED) is 0.456. The lowest BCUT2D eigenvalue weighted by molar-refractivity contribution is -0.121. The molecule has 0 saturated heterocycles. The molecule has 0 aromatic heterocycles. The normalized spacial score (nSPS) is 15.5. The Hall–Kier alpha value is -2.75. The lowest BCUT2D eigenvalue weighted by Crippen LogP contribution is -2.40. The van der Waals surface area contributed by atoms with E-state index in [-0.39, 0.29) is 29.9 Å². The number of anilines is 1. The highest BCUT2D eigenvalue weighted by atomic mass is 32.2. The van der Waals surface area contributed by atoms with Crippen LogP contribution in [0.15, 0.2) is 42.5 Å². The van der Waals surface area contributed by atoms with Gasteiger partial charge in [0.25, 0.3) is 11.8 Å². The molecule has 0 aliphatic carbocycles. The molecule has 0 spiro atoms. The smallest absolute Gasteiger partial charge is 0.274 e. The summed E-state index contributed by atoms with van der Waals surface area (Å²) in [6.07, 6.45) is 0. The lowest BCUT2D eigenvalue weighted by atomic mass is 10.0. The molecule has 8 nitrogen and oxygen atoms in total. The topological polar surface area (TPSA) is 119 Å². The van der Waals surface area contributed by atoms with E-state index in [1.54, 1.807) is 35.8 Å². The summed E-state index contributed by atoms with van der Waals surface area (Å²) in [5, 5.41) is 8.83. The van der Waals surface area contributed by atoms with Crippen molar-refractivity contribution in [2.75, 3.05) is 11.5 Å². The maximum absolute atomic E-state index is 12.5. The van der Waals surface area contributed by atoms with Crippen molar-refractivity contribution < 1.29 is 28.3 Å². The Morgan fingerprint density at radius 1 is 1.33 bits per heavy atom. The van der Waals surface area contributed by atoms with Crippen LogP contribution in [0.25, 0.3) is 0 Å². The van der Waals surface area contributed by atoms with Crippen LogP contribution in [-0.2, 0) is 21.6 Å². The van der Waals surface area contributed by atoms with E-state index < -0.39 is 17.0 Å². The molecule has 1 aliphatic heterocycles. The van der Waals surface area contributed by atoms with Crippen molar-refractivity contribution in [2.24, 2.45) is 0 Å². The van der Waals surface area contributed by atoms with Crippen molar-refractivity contribution >= 4 is 28.6 Å². The Morgan fingerprint density at radius 3 is 2.67 bits per heavy atom. The van der Waals surface area contributed by atoms with Crippen molar-refractivity contribution in [1.82, 2.24) is 5.48 Å². The van der Waals surface area contributed by atoms with Crippen molar-refractivity contribution in [3.63, 3.8) is 0 Å². The summed E-state index contributed by atoms with van der Waals surface area (Å²) >= 11 is -2.17. The number of hydrogen-bond acceptors (Lipinski definition) is 6. The first-order valence-electron chi connectivity index (χ1n) is 8.08. The molecule has 0 bridgehead atoms. The monoisotopic (exact) mass is 389 g/mol. The summed E-state index contributed by atoms with van der Waals surface area (Å²) < 4.78 is 27.0. The number of ether oxygens (including phenoxy) is 1. The zero-order valence-electron chi connectivity index (χ0n) is 14.4. The Kier molecular flexibility index (Phi) is 5.54. The molecular weight excluding hydrogens is 372 g/mol. The Labute approximate surface area is 158 Å². The van der Waals surface area contributed by atoms with Crippen LogP contribution >= 0.6 is 0 Å². The molecule has 2 aromatic rings. The Bertz CT molecular complexity index is 899. The number of fused-ring (bicyclic) bond motifs is 1. The SMILES string of the molecule is CC(c1ccc(CS(=O)[O-])cc1)N1C(=O)COc2ccc(C(=O)NO)cc21. The van der Waals surface area contributed by atoms with Gasteiger partial charge in [-0.15, -0.1) is 0 Å². The molecule has 2 aromatic carbocycles. The van der Waals surface area contributed by atoms with Gasteiger partial charge in [0.2, 0.25) is 0 Å². The van der Waals surface area contributed by atoms with Gasteiger partial charge in [0.05, 0.1) is 11.7 Å². The number of nitrogens with zero attached hydrogens (tertiary/aromatic N) is 1. The predicted octanol–water partition coefficient (Wildman–Crippen LogP) is 1.67. The van der Waals surface area contributed by atoms with Gasteiger partial charge < -0.3 is 9.29 Å². The minimum absolute atomic E-state index is 0.0758. The number of carbonyl (C=O) groups excluding carboxylic acids is 2. The molecular formula is C18H17N2O6S-. The molecule has 3 rings (SSSR count). The second kappa shape index (κ2) is 7.87. The fraction of sp³-hybridized carbons (Fsp3) is 0.222. The first-order chi connectivity index (χ1) is 12.9. The van der Waals surface area contributed by atoms with Crippen molar-refractivity contribution in [1.29, 1.82) is 0 Å². The second-order valence-electron chi connectivity index (χ2n) is 6.04. The average molecular weight is 389 g/mol. The van der Waals surface area contributed by atoms with Crippen LogP contribution in [0.5, 0.6) is 5.75 Å². The number of amides is 2. The van der Waals surface area contributed by atoms with Gasteiger partial charge in [0.15, 0.2) is 6.61 Å². The largest absolute Gasteiger partial charge is 0.772 e. The molecule has 1 heterocycles. The minimum Gasteiger partial charge on any atom is -0.772 e. The Balaban J connectivity index is 1.95. The molecule has 0 fully saturated rings. The summed E-state index contributed by atoms with van der Waals surface area (Å²) in [7, 11) is 0. The van der Waals surface area contributed by atoms with Crippen molar-refractivity contribution in [3.05, 3.63) is 59.2 Å². The lowest BCUT2D eigenvalue weighted by Gasteiger charge is -2.34. The molecule has 2 unspecified atom stereocenters. The zero-order valence-corrected chi connectivity index (χ0v) is 15.2. The van der Waals surface area contributed by atoms with E-state index in [1.165, 1.54) is 17.0 Å². The fourth-order valence-electron chi connectivity index (χ4n) is 2.98. The average Bonchev–Trinajstić information content (AvgIpc) is 2.66.